The van der Waals surface area contributed by atoms with Gasteiger partial charge >= 0.3 is 0 Å². The van der Waals surface area contributed by atoms with E-state index in [-0.39, 0.29) is 0 Å². The Morgan fingerprint density at radius 1 is 1.32 bits per heavy atom. The minimum absolute atomic E-state index is 0.588. The first kappa shape index (κ1) is 14.5. The third-order valence-corrected chi connectivity index (χ3v) is 3.50. The maximum Gasteiger partial charge on any atom is 0.0720 e. The van der Waals surface area contributed by atoms with Gasteiger partial charge in [-0.25, -0.2) is 0 Å². The number of benzene rings is 1. The third-order valence-electron chi connectivity index (χ3n) is 3.50. The van der Waals surface area contributed by atoms with Crippen LogP contribution in [0.4, 0.5) is 0 Å². The molecule has 1 aliphatic heterocycles. The molecule has 0 aromatic heterocycles. The van der Waals surface area contributed by atoms with Crippen LogP contribution in [0.3, 0.4) is 0 Å². The smallest absolute Gasteiger partial charge is 0.0720 e. The summed E-state index contributed by atoms with van der Waals surface area (Å²) < 4.78 is 11.2. The van der Waals surface area contributed by atoms with Gasteiger partial charge < -0.3 is 14.8 Å². The van der Waals surface area contributed by atoms with Crippen LogP contribution in [-0.4, -0.2) is 26.4 Å². The quantitative estimate of drug-likeness (QED) is 0.732. The van der Waals surface area contributed by atoms with E-state index in [1.807, 2.05) is 0 Å². The molecule has 0 radical (unpaired) electrons. The van der Waals surface area contributed by atoms with Gasteiger partial charge in [0.15, 0.2) is 0 Å². The molecule has 1 heterocycles. The Balaban J connectivity index is 1.77. The molecule has 0 amide bonds. The van der Waals surface area contributed by atoms with Crippen molar-refractivity contribution in [1.29, 1.82) is 0 Å². The molecule has 1 aromatic carbocycles. The van der Waals surface area contributed by atoms with Crippen LogP contribution in [0.1, 0.15) is 30.9 Å². The summed E-state index contributed by atoms with van der Waals surface area (Å²) in [6.07, 6.45) is 2.31. The van der Waals surface area contributed by atoms with Crippen LogP contribution in [0.2, 0.25) is 0 Å². The standard InChI is InChI=1S/C16H25NO2/c1-2-8-17-10-15-5-3-4-6-16(15)13-19-12-14-7-9-18-11-14/h3-6,14,17H,2,7-13H2,1H3. The average molecular weight is 263 g/mol. The van der Waals surface area contributed by atoms with E-state index in [2.05, 4.69) is 36.5 Å². The zero-order chi connectivity index (χ0) is 13.3. The van der Waals surface area contributed by atoms with Gasteiger partial charge in [0.05, 0.1) is 19.8 Å². The fraction of sp³-hybridized carbons (Fsp3) is 0.625. The Labute approximate surface area is 116 Å². The molecule has 2 rings (SSSR count). The van der Waals surface area contributed by atoms with Gasteiger partial charge in [-0.15, -0.1) is 0 Å². The van der Waals surface area contributed by atoms with Crippen LogP contribution in [0.5, 0.6) is 0 Å². The van der Waals surface area contributed by atoms with Crippen molar-refractivity contribution < 1.29 is 9.47 Å². The van der Waals surface area contributed by atoms with Gasteiger partial charge in [-0.05, 0) is 30.5 Å². The monoisotopic (exact) mass is 263 g/mol. The molecule has 0 aliphatic carbocycles. The highest BCUT2D eigenvalue weighted by Crippen LogP contribution is 2.15. The second-order valence-electron chi connectivity index (χ2n) is 5.19. The molecule has 1 N–H and O–H groups in total. The fourth-order valence-corrected chi connectivity index (χ4v) is 2.32. The maximum absolute atomic E-state index is 5.84. The summed E-state index contributed by atoms with van der Waals surface area (Å²) in [6, 6.07) is 8.52. The zero-order valence-electron chi connectivity index (χ0n) is 11.9. The summed E-state index contributed by atoms with van der Waals surface area (Å²) in [5, 5.41) is 3.45. The van der Waals surface area contributed by atoms with Crippen LogP contribution in [0.25, 0.3) is 0 Å². The molecule has 3 nitrogen and oxygen atoms in total. The lowest BCUT2D eigenvalue weighted by atomic mass is 10.1. The van der Waals surface area contributed by atoms with E-state index in [1.54, 1.807) is 0 Å². The lowest BCUT2D eigenvalue weighted by Gasteiger charge is -2.12. The van der Waals surface area contributed by atoms with E-state index in [9.17, 15) is 0 Å². The predicted octanol–water partition coefficient (Wildman–Crippen LogP) is 2.74. The molecule has 0 spiro atoms. The average Bonchev–Trinajstić information content (AvgIpc) is 2.94. The minimum Gasteiger partial charge on any atom is -0.381 e. The van der Waals surface area contributed by atoms with Crippen molar-refractivity contribution in [2.75, 3.05) is 26.4 Å². The Morgan fingerprint density at radius 2 is 2.16 bits per heavy atom. The fourth-order valence-electron chi connectivity index (χ4n) is 2.32. The first-order chi connectivity index (χ1) is 9.40. The lowest BCUT2D eigenvalue weighted by Crippen LogP contribution is -2.16. The largest absolute Gasteiger partial charge is 0.381 e. The number of rotatable bonds is 8. The predicted molar refractivity (Wildman–Crippen MR) is 77.0 cm³/mol. The first-order valence-corrected chi connectivity index (χ1v) is 7.33. The summed E-state index contributed by atoms with van der Waals surface area (Å²) in [5.74, 6) is 0.588. The van der Waals surface area contributed by atoms with Gasteiger partial charge in [0, 0.05) is 19.1 Å². The van der Waals surface area contributed by atoms with Crippen molar-refractivity contribution in [2.45, 2.75) is 32.9 Å². The van der Waals surface area contributed by atoms with E-state index in [4.69, 9.17) is 9.47 Å². The van der Waals surface area contributed by atoms with E-state index < -0.39 is 0 Å². The van der Waals surface area contributed by atoms with Crippen LogP contribution >= 0.6 is 0 Å². The lowest BCUT2D eigenvalue weighted by molar-refractivity contribution is 0.0787. The van der Waals surface area contributed by atoms with Crippen LogP contribution in [-0.2, 0) is 22.6 Å². The van der Waals surface area contributed by atoms with E-state index in [1.165, 1.54) is 17.5 Å². The van der Waals surface area contributed by atoms with Crippen molar-refractivity contribution in [3.63, 3.8) is 0 Å². The minimum atomic E-state index is 0.588. The first-order valence-electron chi connectivity index (χ1n) is 7.33. The third kappa shape index (κ3) is 4.94. The van der Waals surface area contributed by atoms with Gasteiger partial charge in [0.1, 0.15) is 0 Å². The Morgan fingerprint density at radius 3 is 2.89 bits per heavy atom. The molecule has 1 saturated heterocycles. The van der Waals surface area contributed by atoms with Crippen LogP contribution in [0, 0.1) is 5.92 Å². The van der Waals surface area contributed by atoms with E-state index in [0.29, 0.717) is 12.5 Å². The second kappa shape index (κ2) is 8.31. The maximum atomic E-state index is 5.84. The van der Waals surface area contributed by atoms with Gasteiger partial charge in [-0.1, -0.05) is 31.2 Å². The molecule has 19 heavy (non-hydrogen) atoms. The topological polar surface area (TPSA) is 30.5 Å². The molecule has 3 heteroatoms. The Bertz CT molecular complexity index is 362. The van der Waals surface area contributed by atoms with Crippen molar-refractivity contribution in [1.82, 2.24) is 5.32 Å². The van der Waals surface area contributed by atoms with Gasteiger partial charge in [-0.3, -0.25) is 0 Å². The normalized spacial score (nSPS) is 18.9. The number of nitrogens with one attached hydrogen (secondary N) is 1. The van der Waals surface area contributed by atoms with Gasteiger partial charge in [-0.2, -0.15) is 0 Å². The molecule has 0 bridgehead atoms. The van der Waals surface area contributed by atoms with Gasteiger partial charge in [0.2, 0.25) is 0 Å². The van der Waals surface area contributed by atoms with Crippen molar-refractivity contribution >= 4 is 0 Å². The van der Waals surface area contributed by atoms with Crippen LogP contribution < -0.4 is 5.32 Å². The summed E-state index contributed by atoms with van der Waals surface area (Å²) >= 11 is 0. The zero-order valence-corrected chi connectivity index (χ0v) is 11.9. The Hall–Kier alpha value is -0.900. The highest BCUT2D eigenvalue weighted by molar-refractivity contribution is 5.26. The molecule has 1 aromatic rings. The summed E-state index contributed by atoms with van der Waals surface area (Å²) in [6.45, 7) is 7.46. The van der Waals surface area contributed by atoms with Gasteiger partial charge in [0.25, 0.3) is 0 Å². The molecule has 106 valence electrons. The summed E-state index contributed by atoms with van der Waals surface area (Å²) in [5.41, 5.74) is 2.64. The van der Waals surface area contributed by atoms with Crippen molar-refractivity contribution in [3.05, 3.63) is 35.4 Å². The van der Waals surface area contributed by atoms with E-state index in [0.717, 1.165) is 39.3 Å². The highest BCUT2D eigenvalue weighted by Gasteiger charge is 2.15. The number of hydrogen-bond donors (Lipinski definition) is 1. The molecule has 1 aliphatic rings. The molecular formula is C16H25NO2. The summed E-state index contributed by atoms with van der Waals surface area (Å²) in [7, 11) is 0. The molecular weight excluding hydrogens is 238 g/mol. The number of hydrogen-bond acceptors (Lipinski definition) is 3. The SMILES string of the molecule is CCCNCc1ccccc1COCC1CCOC1. The highest BCUT2D eigenvalue weighted by atomic mass is 16.5. The van der Waals surface area contributed by atoms with Crippen molar-refractivity contribution in [3.8, 4) is 0 Å². The molecule has 1 unspecified atom stereocenters. The number of ether oxygens (including phenoxy) is 2. The molecule has 1 atom stereocenters. The molecule has 0 saturated carbocycles. The summed E-state index contributed by atoms with van der Waals surface area (Å²) in [4.78, 5) is 0. The molecule has 1 fully saturated rings. The Kier molecular flexibility index (Phi) is 6.34. The van der Waals surface area contributed by atoms with Crippen LogP contribution in [0.15, 0.2) is 24.3 Å². The second-order valence-corrected chi connectivity index (χ2v) is 5.19. The van der Waals surface area contributed by atoms with E-state index >= 15 is 0 Å². The van der Waals surface area contributed by atoms with Crippen molar-refractivity contribution in [2.24, 2.45) is 5.92 Å².